The van der Waals surface area contributed by atoms with Gasteiger partial charge in [-0.3, -0.25) is 0 Å². The third-order valence-corrected chi connectivity index (χ3v) is 3.34. The summed E-state index contributed by atoms with van der Waals surface area (Å²) in [5.41, 5.74) is 3.37. The molecule has 0 aromatic carbocycles. The first-order valence-corrected chi connectivity index (χ1v) is 5.59. The van der Waals surface area contributed by atoms with Gasteiger partial charge in [-0.05, 0) is 44.9 Å². The van der Waals surface area contributed by atoms with Gasteiger partial charge in [0.2, 0.25) is 0 Å². The first kappa shape index (κ1) is 9.05. The van der Waals surface area contributed by atoms with Gasteiger partial charge in [-0.15, -0.1) is 0 Å². The molecule has 0 aliphatic heterocycles. The lowest BCUT2D eigenvalue weighted by atomic mass is 9.88. The number of hydrogen-bond donors (Lipinski definition) is 0. The average Bonchev–Trinajstić information content (AvgIpc) is 2.76. The number of rotatable bonds is 3. The molecule has 13 heavy (non-hydrogen) atoms. The fourth-order valence-corrected chi connectivity index (χ4v) is 2.63. The summed E-state index contributed by atoms with van der Waals surface area (Å²) in [7, 11) is 0. The van der Waals surface area contributed by atoms with Gasteiger partial charge < -0.3 is 0 Å². The molecule has 0 aromatic heterocycles. The molecule has 71 valence electrons. The van der Waals surface area contributed by atoms with Crippen molar-refractivity contribution in [2.45, 2.75) is 44.9 Å². The van der Waals surface area contributed by atoms with Crippen molar-refractivity contribution in [2.24, 2.45) is 5.92 Å². The Kier molecular flexibility index (Phi) is 2.87. The Labute approximate surface area is 81.7 Å². The molecule has 0 atom stereocenters. The minimum Gasteiger partial charge on any atom is -0.0847 e. The molecule has 0 heteroatoms. The summed E-state index contributed by atoms with van der Waals surface area (Å²) in [5, 5.41) is 0. The van der Waals surface area contributed by atoms with Gasteiger partial charge in [0, 0.05) is 5.92 Å². The highest BCUT2D eigenvalue weighted by atomic mass is 14.3. The smallest absolute Gasteiger partial charge is 0.000690 e. The fourth-order valence-electron chi connectivity index (χ4n) is 2.63. The van der Waals surface area contributed by atoms with E-state index in [1.807, 2.05) is 0 Å². The van der Waals surface area contributed by atoms with Gasteiger partial charge in [0.05, 0.1) is 0 Å². The molecule has 0 N–H and O–H groups in total. The highest BCUT2D eigenvalue weighted by Gasteiger charge is 2.20. The fraction of sp³-hybridized carbons (Fsp3) is 0.615. The summed E-state index contributed by atoms with van der Waals surface area (Å²) in [6.45, 7) is 4.09. The second kappa shape index (κ2) is 4.13. The molecule has 0 unspecified atom stereocenters. The molecule has 0 spiro atoms. The molecular formula is C13H19. The maximum atomic E-state index is 4.09. The van der Waals surface area contributed by atoms with Crippen LogP contribution in [0.1, 0.15) is 44.9 Å². The predicted molar refractivity (Wildman–Crippen MR) is 57.3 cm³/mol. The van der Waals surface area contributed by atoms with Crippen molar-refractivity contribution in [1.82, 2.24) is 0 Å². The van der Waals surface area contributed by atoms with Gasteiger partial charge in [-0.25, -0.2) is 0 Å². The van der Waals surface area contributed by atoms with E-state index in [1.54, 1.807) is 11.1 Å². The van der Waals surface area contributed by atoms with Gasteiger partial charge in [0.15, 0.2) is 0 Å². The Morgan fingerprint density at radius 3 is 1.92 bits per heavy atom. The molecule has 2 rings (SSSR count). The second-order valence-corrected chi connectivity index (χ2v) is 4.18. The van der Waals surface area contributed by atoms with E-state index in [0.717, 1.165) is 6.42 Å². The van der Waals surface area contributed by atoms with E-state index < -0.39 is 0 Å². The van der Waals surface area contributed by atoms with Crippen molar-refractivity contribution in [3.8, 4) is 0 Å². The molecule has 0 nitrogen and oxygen atoms in total. The Morgan fingerprint density at radius 2 is 1.62 bits per heavy atom. The van der Waals surface area contributed by atoms with Crippen molar-refractivity contribution in [3.05, 3.63) is 30.2 Å². The second-order valence-electron chi connectivity index (χ2n) is 4.18. The largest absolute Gasteiger partial charge is 0.0847 e. The molecule has 0 fully saturated rings. The zero-order valence-corrected chi connectivity index (χ0v) is 8.39. The maximum Gasteiger partial charge on any atom is 0.000690 e. The van der Waals surface area contributed by atoms with Crippen molar-refractivity contribution in [2.75, 3.05) is 0 Å². The first-order valence-electron chi connectivity index (χ1n) is 5.59. The van der Waals surface area contributed by atoms with Crippen molar-refractivity contribution >= 4 is 0 Å². The lowest BCUT2D eigenvalue weighted by Crippen LogP contribution is -2.03. The third kappa shape index (κ3) is 1.87. The van der Waals surface area contributed by atoms with E-state index >= 15 is 0 Å². The summed E-state index contributed by atoms with van der Waals surface area (Å²) in [6, 6.07) is 0. The molecular weight excluding hydrogens is 156 g/mol. The standard InChI is InChI=1S/C13H19/c1-2-13(11-7-3-4-8-11)12-9-5-6-10-12/h7,9,13H,1-6,8,10H2. The third-order valence-electron chi connectivity index (χ3n) is 3.34. The molecule has 2 aliphatic rings. The van der Waals surface area contributed by atoms with Crippen LogP contribution >= 0.6 is 0 Å². The Bertz CT molecular complexity index is 208. The maximum absolute atomic E-state index is 4.09. The van der Waals surface area contributed by atoms with Gasteiger partial charge in [0.1, 0.15) is 0 Å². The minimum absolute atomic E-state index is 0.713. The van der Waals surface area contributed by atoms with Crippen LogP contribution in [0.3, 0.4) is 0 Å². The lowest BCUT2D eigenvalue weighted by molar-refractivity contribution is 0.667. The van der Waals surface area contributed by atoms with Gasteiger partial charge in [0.25, 0.3) is 0 Å². The minimum atomic E-state index is 0.713. The monoisotopic (exact) mass is 175 g/mol. The van der Waals surface area contributed by atoms with E-state index in [0.29, 0.717) is 5.92 Å². The Morgan fingerprint density at radius 1 is 1.08 bits per heavy atom. The first-order chi connectivity index (χ1) is 6.42. The van der Waals surface area contributed by atoms with Crippen LogP contribution in [0.15, 0.2) is 23.3 Å². The highest BCUT2D eigenvalue weighted by Crippen LogP contribution is 2.36. The van der Waals surface area contributed by atoms with E-state index in [1.165, 1.54) is 38.5 Å². The molecule has 0 amide bonds. The van der Waals surface area contributed by atoms with Crippen LogP contribution < -0.4 is 0 Å². The van der Waals surface area contributed by atoms with Crippen LogP contribution in [0.2, 0.25) is 0 Å². The average molecular weight is 175 g/mol. The van der Waals surface area contributed by atoms with E-state index in [2.05, 4.69) is 19.1 Å². The predicted octanol–water partition coefficient (Wildman–Crippen LogP) is 4.05. The molecule has 0 heterocycles. The van der Waals surface area contributed by atoms with Crippen LogP contribution in [0.25, 0.3) is 0 Å². The Hall–Kier alpha value is -0.520. The van der Waals surface area contributed by atoms with E-state index in [4.69, 9.17) is 0 Å². The SMILES string of the molecule is [CH2]CC(C1=CCCC1)C1=CCCC1. The quantitative estimate of drug-likeness (QED) is 0.568. The van der Waals surface area contributed by atoms with Crippen LogP contribution in [0, 0.1) is 12.8 Å². The van der Waals surface area contributed by atoms with Gasteiger partial charge in [-0.2, -0.15) is 0 Å². The van der Waals surface area contributed by atoms with Crippen molar-refractivity contribution in [1.29, 1.82) is 0 Å². The summed E-state index contributed by atoms with van der Waals surface area (Å²) >= 11 is 0. The topological polar surface area (TPSA) is 0 Å². The zero-order valence-electron chi connectivity index (χ0n) is 8.39. The van der Waals surface area contributed by atoms with Gasteiger partial charge >= 0.3 is 0 Å². The van der Waals surface area contributed by atoms with Crippen LogP contribution in [-0.2, 0) is 0 Å². The molecule has 2 aliphatic carbocycles. The molecule has 0 saturated heterocycles. The molecule has 1 radical (unpaired) electrons. The van der Waals surface area contributed by atoms with Crippen LogP contribution in [-0.4, -0.2) is 0 Å². The molecule has 0 aromatic rings. The summed E-state index contributed by atoms with van der Waals surface area (Å²) < 4.78 is 0. The lowest BCUT2D eigenvalue weighted by Gasteiger charge is -2.17. The van der Waals surface area contributed by atoms with Crippen LogP contribution in [0.5, 0.6) is 0 Å². The summed E-state index contributed by atoms with van der Waals surface area (Å²) in [6.07, 6.45) is 14.0. The summed E-state index contributed by atoms with van der Waals surface area (Å²) in [5.74, 6) is 0.713. The summed E-state index contributed by atoms with van der Waals surface area (Å²) in [4.78, 5) is 0. The Balaban J connectivity index is 2.07. The normalized spacial score (nSPS) is 22.3. The highest BCUT2D eigenvalue weighted by molar-refractivity contribution is 5.25. The van der Waals surface area contributed by atoms with Gasteiger partial charge in [-0.1, -0.05) is 30.2 Å². The van der Waals surface area contributed by atoms with Crippen molar-refractivity contribution in [3.63, 3.8) is 0 Å². The molecule has 0 bridgehead atoms. The number of allylic oxidation sites excluding steroid dienone is 4. The zero-order chi connectivity index (χ0) is 9.10. The van der Waals surface area contributed by atoms with E-state index in [9.17, 15) is 0 Å². The molecule has 0 saturated carbocycles. The van der Waals surface area contributed by atoms with Crippen LogP contribution in [0.4, 0.5) is 0 Å². The number of hydrogen-bond acceptors (Lipinski definition) is 0. The van der Waals surface area contributed by atoms with E-state index in [-0.39, 0.29) is 0 Å². The van der Waals surface area contributed by atoms with Crippen molar-refractivity contribution < 1.29 is 0 Å².